The Morgan fingerprint density at radius 2 is 2.06 bits per heavy atom. The number of rotatable bonds is 3. The Morgan fingerprint density at radius 1 is 1.33 bits per heavy atom. The Morgan fingerprint density at radius 3 is 2.72 bits per heavy atom. The Kier molecular flexibility index (Phi) is 4.23. The van der Waals surface area contributed by atoms with E-state index in [0.29, 0.717) is 11.7 Å². The summed E-state index contributed by atoms with van der Waals surface area (Å²) in [4.78, 5) is 0. The minimum Gasteiger partial charge on any atom is -0.487 e. The highest BCUT2D eigenvalue weighted by atomic mass is 19.1. The van der Waals surface area contributed by atoms with Crippen LogP contribution in [0.4, 0.5) is 4.39 Å². The maximum Gasteiger partial charge on any atom is 0.165 e. The van der Waals surface area contributed by atoms with Crippen molar-refractivity contribution in [3.63, 3.8) is 0 Å². The van der Waals surface area contributed by atoms with Gasteiger partial charge in [0.15, 0.2) is 11.6 Å². The van der Waals surface area contributed by atoms with Gasteiger partial charge in [0.25, 0.3) is 0 Å². The van der Waals surface area contributed by atoms with Crippen molar-refractivity contribution in [1.29, 1.82) is 0 Å². The third-order valence-electron chi connectivity index (χ3n) is 3.79. The molecule has 100 valence electrons. The fourth-order valence-corrected chi connectivity index (χ4v) is 2.62. The molecule has 0 saturated heterocycles. The number of ether oxygens (including phenoxy) is 1. The summed E-state index contributed by atoms with van der Waals surface area (Å²) in [6.45, 7) is 4.03. The van der Waals surface area contributed by atoms with E-state index in [2.05, 4.69) is 6.92 Å². The molecule has 0 spiro atoms. The molecule has 18 heavy (non-hydrogen) atoms. The highest BCUT2D eigenvalue weighted by Gasteiger charge is 2.25. The van der Waals surface area contributed by atoms with E-state index in [1.54, 1.807) is 6.07 Å². The van der Waals surface area contributed by atoms with Crippen LogP contribution in [-0.4, -0.2) is 6.10 Å². The first-order chi connectivity index (χ1) is 8.59. The molecule has 3 heteroatoms. The molecule has 0 amide bonds. The molecule has 1 aromatic rings. The van der Waals surface area contributed by atoms with E-state index in [1.165, 1.54) is 12.5 Å². The summed E-state index contributed by atoms with van der Waals surface area (Å²) in [5.41, 5.74) is 6.63. The zero-order valence-electron chi connectivity index (χ0n) is 11.2. The van der Waals surface area contributed by atoms with E-state index < -0.39 is 0 Å². The summed E-state index contributed by atoms with van der Waals surface area (Å²) in [7, 11) is 0. The molecule has 1 aromatic carbocycles. The van der Waals surface area contributed by atoms with Crippen molar-refractivity contribution in [2.45, 2.75) is 51.7 Å². The average Bonchev–Trinajstić information content (AvgIpc) is 2.34. The number of hydrogen-bond donors (Lipinski definition) is 1. The quantitative estimate of drug-likeness (QED) is 0.886. The Bertz CT molecular complexity index is 405. The Hall–Kier alpha value is -1.09. The maximum atomic E-state index is 13.9. The molecule has 2 rings (SSSR count). The van der Waals surface area contributed by atoms with Crippen molar-refractivity contribution in [1.82, 2.24) is 0 Å². The predicted molar refractivity (Wildman–Crippen MR) is 71.1 cm³/mol. The molecule has 2 N–H and O–H groups in total. The van der Waals surface area contributed by atoms with Gasteiger partial charge in [0.1, 0.15) is 6.10 Å². The molecule has 0 heterocycles. The number of nitrogens with two attached hydrogens (primary N) is 1. The largest absolute Gasteiger partial charge is 0.487 e. The van der Waals surface area contributed by atoms with Gasteiger partial charge < -0.3 is 10.5 Å². The van der Waals surface area contributed by atoms with Gasteiger partial charge in [-0.05, 0) is 38.2 Å². The molecule has 1 aliphatic carbocycles. The van der Waals surface area contributed by atoms with Crippen molar-refractivity contribution in [3.8, 4) is 5.75 Å². The van der Waals surface area contributed by atoms with Gasteiger partial charge in [-0.25, -0.2) is 4.39 Å². The van der Waals surface area contributed by atoms with E-state index >= 15 is 0 Å². The third-order valence-corrected chi connectivity index (χ3v) is 3.79. The minimum atomic E-state index is -0.303. The highest BCUT2D eigenvalue weighted by molar-refractivity contribution is 5.37. The second kappa shape index (κ2) is 5.70. The summed E-state index contributed by atoms with van der Waals surface area (Å²) in [5.74, 6) is 0.535. The number of para-hydroxylation sites is 1. The van der Waals surface area contributed by atoms with Crippen LogP contribution in [0.1, 0.15) is 51.1 Å². The van der Waals surface area contributed by atoms with E-state index in [-0.39, 0.29) is 18.0 Å². The first-order valence-electron chi connectivity index (χ1n) is 6.80. The maximum absolute atomic E-state index is 13.9. The molecular weight excluding hydrogens is 229 g/mol. The second-order valence-electron chi connectivity index (χ2n) is 5.36. The number of halogens is 1. The van der Waals surface area contributed by atoms with Crippen LogP contribution >= 0.6 is 0 Å². The normalized spacial score (nSPS) is 25.8. The SMILES string of the molecule is CC1CCCCC1Oc1c(F)cccc1[C@H](C)N. The highest BCUT2D eigenvalue weighted by Crippen LogP contribution is 2.33. The van der Waals surface area contributed by atoms with Crippen molar-refractivity contribution in [3.05, 3.63) is 29.6 Å². The van der Waals surface area contributed by atoms with Gasteiger partial charge in [-0.2, -0.15) is 0 Å². The smallest absolute Gasteiger partial charge is 0.165 e. The molecule has 0 aliphatic heterocycles. The summed E-state index contributed by atoms with van der Waals surface area (Å²) in [6, 6.07) is 4.76. The second-order valence-corrected chi connectivity index (χ2v) is 5.36. The van der Waals surface area contributed by atoms with Crippen LogP contribution in [-0.2, 0) is 0 Å². The van der Waals surface area contributed by atoms with Gasteiger partial charge >= 0.3 is 0 Å². The molecule has 3 atom stereocenters. The van der Waals surface area contributed by atoms with Gasteiger partial charge in [0, 0.05) is 11.6 Å². The topological polar surface area (TPSA) is 35.2 Å². The molecule has 1 aliphatic rings. The van der Waals surface area contributed by atoms with Crippen molar-refractivity contribution >= 4 is 0 Å². The molecule has 0 bridgehead atoms. The fourth-order valence-electron chi connectivity index (χ4n) is 2.62. The van der Waals surface area contributed by atoms with E-state index in [4.69, 9.17) is 10.5 Å². The molecule has 2 unspecified atom stereocenters. The van der Waals surface area contributed by atoms with Gasteiger partial charge in [-0.3, -0.25) is 0 Å². The monoisotopic (exact) mass is 251 g/mol. The molecule has 2 nitrogen and oxygen atoms in total. The third kappa shape index (κ3) is 2.83. The predicted octanol–water partition coefficient (Wildman–Crippen LogP) is 3.80. The Balaban J connectivity index is 2.22. The summed E-state index contributed by atoms with van der Waals surface area (Å²) in [6.07, 6.45) is 4.70. The number of benzene rings is 1. The zero-order valence-corrected chi connectivity index (χ0v) is 11.2. The van der Waals surface area contributed by atoms with Gasteiger partial charge in [0.2, 0.25) is 0 Å². The molecular formula is C15H22FNO. The summed E-state index contributed by atoms with van der Waals surface area (Å²) in [5, 5.41) is 0. The zero-order chi connectivity index (χ0) is 13.1. The number of hydrogen-bond acceptors (Lipinski definition) is 2. The lowest BCUT2D eigenvalue weighted by atomic mass is 9.88. The van der Waals surface area contributed by atoms with Crippen LogP contribution in [0.15, 0.2) is 18.2 Å². The van der Waals surface area contributed by atoms with E-state index in [9.17, 15) is 4.39 Å². The molecule has 1 fully saturated rings. The lowest BCUT2D eigenvalue weighted by Gasteiger charge is -2.30. The van der Waals surface area contributed by atoms with E-state index in [0.717, 1.165) is 24.8 Å². The van der Waals surface area contributed by atoms with Crippen LogP contribution in [0.2, 0.25) is 0 Å². The van der Waals surface area contributed by atoms with Gasteiger partial charge in [-0.1, -0.05) is 25.5 Å². The van der Waals surface area contributed by atoms with Crippen LogP contribution in [0.3, 0.4) is 0 Å². The van der Waals surface area contributed by atoms with Crippen molar-refractivity contribution in [2.75, 3.05) is 0 Å². The van der Waals surface area contributed by atoms with Crippen LogP contribution in [0, 0.1) is 11.7 Å². The summed E-state index contributed by atoms with van der Waals surface area (Å²) >= 11 is 0. The van der Waals surface area contributed by atoms with Gasteiger partial charge in [0.05, 0.1) is 0 Å². The standard InChI is InChI=1S/C15H22FNO/c1-10-6-3-4-9-14(10)18-15-12(11(2)17)7-5-8-13(15)16/h5,7-8,10-11,14H,3-4,6,9,17H2,1-2H3/t10?,11-,14?/m0/s1. The van der Waals surface area contributed by atoms with Crippen LogP contribution in [0.25, 0.3) is 0 Å². The van der Waals surface area contributed by atoms with Crippen molar-refractivity contribution < 1.29 is 9.13 Å². The molecule has 0 radical (unpaired) electrons. The minimum absolute atomic E-state index is 0.119. The fraction of sp³-hybridized carbons (Fsp3) is 0.600. The van der Waals surface area contributed by atoms with Gasteiger partial charge in [-0.15, -0.1) is 0 Å². The lowest BCUT2D eigenvalue weighted by molar-refractivity contribution is 0.0965. The molecule has 0 aromatic heterocycles. The van der Waals surface area contributed by atoms with E-state index in [1.807, 2.05) is 13.0 Å². The van der Waals surface area contributed by atoms with Crippen LogP contribution in [0.5, 0.6) is 5.75 Å². The molecule has 1 saturated carbocycles. The van der Waals surface area contributed by atoms with Crippen molar-refractivity contribution in [2.24, 2.45) is 11.7 Å². The first-order valence-corrected chi connectivity index (χ1v) is 6.80. The lowest BCUT2D eigenvalue weighted by Crippen LogP contribution is -2.29. The Labute approximate surface area is 108 Å². The van der Waals surface area contributed by atoms with Crippen LogP contribution < -0.4 is 10.5 Å². The summed E-state index contributed by atoms with van der Waals surface area (Å²) < 4.78 is 19.8. The first kappa shape index (κ1) is 13.3. The average molecular weight is 251 g/mol.